The van der Waals surface area contributed by atoms with Gasteiger partial charge >= 0.3 is 0 Å². The van der Waals surface area contributed by atoms with Gasteiger partial charge in [-0.05, 0) is 48.7 Å². The number of hydrogen-bond acceptors (Lipinski definition) is 1. The zero-order valence-electron chi connectivity index (χ0n) is 10.7. The number of carbonyl (C=O) groups is 1. The van der Waals surface area contributed by atoms with Crippen molar-refractivity contribution in [3.63, 3.8) is 0 Å². The Hall–Kier alpha value is -1.87. The van der Waals surface area contributed by atoms with Crippen LogP contribution in [0.4, 0.5) is 10.1 Å². The quantitative estimate of drug-likeness (QED) is 0.903. The second kappa shape index (κ2) is 4.91. The molecular weight excluding hydrogens is 277 g/mol. The molecule has 1 aliphatic carbocycles. The van der Waals surface area contributed by atoms with Gasteiger partial charge in [0.2, 0.25) is 5.91 Å². The zero-order chi connectivity index (χ0) is 14.2. The van der Waals surface area contributed by atoms with Crippen LogP contribution < -0.4 is 5.32 Å². The van der Waals surface area contributed by atoms with Gasteiger partial charge in [0.1, 0.15) is 5.82 Å². The Balaban J connectivity index is 1.81. The number of carbonyl (C=O) groups excluding carboxylic acids is 1. The van der Waals surface area contributed by atoms with Gasteiger partial charge in [0.05, 0.1) is 5.41 Å². The number of benzene rings is 2. The molecule has 2 aromatic carbocycles. The molecule has 0 bridgehead atoms. The smallest absolute Gasteiger partial charge is 0.235 e. The van der Waals surface area contributed by atoms with E-state index in [0.717, 1.165) is 18.4 Å². The summed E-state index contributed by atoms with van der Waals surface area (Å²) in [6.45, 7) is 0. The fraction of sp³-hybridized carbons (Fsp3) is 0.188. The van der Waals surface area contributed by atoms with Crippen LogP contribution in [-0.4, -0.2) is 5.91 Å². The predicted molar refractivity (Wildman–Crippen MR) is 77.4 cm³/mol. The summed E-state index contributed by atoms with van der Waals surface area (Å²) >= 11 is 5.87. The Labute approximate surface area is 121 Å². The molecule has 20 heavy (non-hydrogen) atoms. The Kier molecular flexibility index (Phi) is 3.22. The highest BCUT2D eigenvalue weighted by Gasteiger charge is 2.51. The van der Waals surface area contributed by atoms with Crippen molar-refractivity contribution in [1.82, 2.24) is 0 Å². The summed E-state index contributed by atoms with van der Waals surface area (Å²) in [5, 5.41) is 3.43. The number of amides is 1. The third-order valence-corrected chi connectivity index (χ3v) is 3.92. The van der Waals surface area contributed by atoms with Crippen LogP contribution in [0.25, 0.3) is 0 Å². The zero-order valence-corrected chi connectivity index (χ0v) is 11.5. The maximum absolute atomic E-state index is 13.1. The standard InChI is InChI=1S/C16H13ClFNO/c17-12-6-4-11(5-7-12)16(8-9-16)15(20)19-14-3-1-2-13(18)10-14/h1-7,10H,8-9H2,(H,19,20). The highest BCUT2D eigenvalue weighted by molar-refractivity contribution is 6.30. The van der Waals surface area contributed by atoms with Gasteiger partial charge in [0.15, 0.2) is 0 Å². The molecule has 0 aromatic heterocycles. The molecule has 1 N–H and O–H groups in total. The Morgan fingerprint density at radius 1 is 1.15 bits per heavy atom. The molecule has 1 fully saturated rings. The first-order valence-electron chi connectivity index (χ1n) is 6.43. The molecule has 2 nitrogen and oxygen atoms in total. The normalized spacial score (nSPS) is 15.7. The molecular formula is C16H13ClFNO. The largest absolute Gasteiger partial charge is 0.325 e. The van der Waals surface area contributed by atoms with Gasteiger partial charge in [-0.1, -0.05) is 29.8 Å². The lowest BCUT2D eigenvalue weighted by atomic mass is 9.95. The molecule has 0 aliphatic heterocycles. The van der Waals surface area contributed by atoms with Crippen molar-refractivity contribution in [1.29, 1.82) is 0 Å². The minimum atomic E-state index is -0.489. The molecule has 0 atom stereocenters. The molecule has 0 spiro atoms. The summed E-state index contributed by atoms with van der Waals surface area (Å²) in [5.74, 6) is -0.454. The molecule has 2 aromatic rings. The summed E-state index contributed by atoms with van der Waals surface area (Å²) in [5.41, 5.74) is 0.947. The van der Waals surface area contributed by atoms with Gasteiger partial charge in [-0.2, -0.15) is 0 Å². The van der Waals surface area contributed by atoms with Crippen LogP contribution in [0.3, 0.4) is 0 Å². The van der Waals surface area contributed by atoms with Gasteiger partial charge in [-0.3, -0.25) is 4.79 Å². The van der Waals surface area contributed by atoms with Gasteiger partial charge in [-0.15, -0.1) is 0 Å². The van der Waals surface area contributed by atoms with E-state index in [9.17, 15) is 9.18 Å². The minimum absolute atomic E-state index is 0.0922. The lowest BCUT2D eigenvalue weighted by Crippen LogP contribution is -2.27. The van der Waals surface area contributed by atoms with Crippen LogP contribution in [-0.2, 0) is 10.2 Å². The van der Waals surface area contributed by atoms with Crippen molar-refractivity contribution >= 4 is 23.2 Å². The molecule has 102 valence electrons. The highest BCUT2D eigenvalue weighted by atomic mass is 35.5. The van der Waals surface area contributed by atoms with Crippen molar-refractivity contribution in [2.45, 2.75) is 18.3 Å². The van der Waals surface area contributed by atoms with E-state index in [0.29, 0.717) is 10.7 Å². The molecule has 0 saturated heterocycles. The maximum atomic E-state index is 13.1. The summed E-state index contributed by atoms with van der Waals surface area (Å²) in [6.07, 6.45) is 1.60. The van der Waals surface area contributed by atoms with E-state index in [-0.39, 0.29) is 11.7 Å². The number of halogens is 2. The van der Waals surface area contributed by atoms with E-state index in [4.69, 9.17) is 11.6 Å². The first-order chi connectivity index (χ1) is 9.60. The van der Waals surface area contributed by atoms with Crippen molar-refractivity contribution < 1.29 is 9.18 Å². The van der Waals surface area contributed by atoms with Crippen molar-refractivity contribution in [2.75, 3.05) is 5.32 Å². The molecule has 3 rings (SSSR count). The lowest BCUT2D eigenvalue weighted by Gasteiger charge is -2.16. The molecule has 1 saturated carbocycles. The monoisotopic (exact) mass is 289 g/mol. The average molecular weight is 290 g/mol. The highest BCUT2D eigenvalue weighted by Crippen LogP contribution is 2.49. The van der Waals surface area contributed by atoms with Crippen molar-refractivity contribution in [3.05, 3.63) is 64.9 Å². The van der Waals surface area contributed by atoms with E-state index in [1.807, 2.05) is 12.1 Å². The lowest BCUT2D eigenvalue weighted by molar-refractivity contribution is -0.118. The maximum Gasteiger partial charge on any atom is 0.235 e. The SMILES string of the molecule is O=C(Nc1cccc(F)c1)C1(c2ccc(Cl)cc2)CC1. The minimum Gasteiger partial charge on any atom is -0.325 e. The molecule has 0 unspecified atom stereocenters. The Morgan fingerprint density at radius 2 is 1.85 bits per heavy atom. The Bertz CT molecular complexity index is 650. The van der Waals surface area contributed by atoms with E-state index >= 15 is 0 Å². The van der Waals surface area contributed by atoms with Gasteiger partial charge in [0, 0.05) is 10.7 Å². The van der Waals surface area contributed by atoms with E-state index in [1.165, 1.54) is 12.1 Å². The van der Waals surface area contributed by atoms with Crippen LogP contribution >= 0.6 is 11.6 Å². The predicted octanol–water partition coefficient (Wildman–Crippen LogP) is 4.15. The third kappa shape index (κ3) is 2.41. The summed E-state index contributed by atoms with van der Waals surface area (Å²) < 4.78 is 13.1. The second-order valence-corrected chi connectivity index (χ2v) is 5.49. The summed E-state index contributed by atoms with van der Waals surface area (Å²) in [4.78, 5) is 12.4. The number of hydrogen-bond donors (Lipinski definition) is 1. The molecule has 1 aliphatic rings. The van der Waals surface area contributed by atoms with Crippen molar-refractivity contribution in [3.8, 4) is 0 Å². The molecule has 4 heteroatoms. The summed E-state index contributed by atoms with van der Waals surface area (Å²) in [6, 6.07) is 13.2. The number of nitrogens with one attached hydrogen (secondary N) is 1. The average Bonchev–Trinajstić information content (AvgIpc) is 3.21. The second-order valence-electron chi connectivity index (χ2n) is 5.05. The molecule has 0 heterocycles. The van der Waals surface area contributed by atoms with Crippen LogP contribution in [0.15, 0.2) is 48.5 Å². The van der Waals surface area contributed by atoms with Crippen LogP contribution in [0.2, 0.25) is 5.02 Å². The van der Waals surface area contributed by atoms with E-state index in [1.54, 1.807) is 24.3 Å². The van der Waals surface area contributed by atoms with Gasteiger partial charge < -0.3 is 5.32 Å². The molecule has 1 amide bonds. The molecule has 0 radical (unpaired) electrons. The number of rotatable bonds is 3. The fourth-order valence-corrected chi connectivity index (χ4v) is 2.48. The third-order valence-electron chi connectivity index (χ3n) is 3.66. The first-order valence-corrected chi connectivity index (χ1v) is 6.81. The van der Waals surface area contributed by atoms with Crippen molar-refractivity contribution in [2.24, 2.45) is 0 Å². The fourth-order valence-electron chi connectivity index (χ4n) is 2.36. The first kappa shape index (κ1) is 13.1. The van der Waals surface area contributed by atoms with Crippen LogP contribution in [0, 0.1) is 5.82 Å². The van der Waals surface area contributed by atoms with Crippen LogP contribution in [0.5, 0.6) is 0 Å². The van der Waals surface area contributed by atoms with Gasteiger partial charge in [0.25, 0.3) is 0 Å². The Morgan fingerprint density at radius 3 is 2.45 bits per heavy atom. The summed E-state index contributed by atoms with van der Waals surface area (Å²) in [7, 11) is 0. The van der Waals surface area contributed by atoms with Crippen LogP contribution in [0.1, 0.15) is 18.4 Å². The number of anilines is 1. The van der Waals surface area contributed by atoms with Gasteiger partial charge in [-0.25, -0.2) is 4.39 Å². The van der Waals surface area contributed by atoms with E-state index < -0.39 is 5.41 Å². The van der Waals surface area contributed by atoms with E-state index in [2.05, 4.69) is 5.32 Å². The topological polar surface area (TPSA) is 29.1 Å².